The first-order valence-corrected chi connectivity index (χ1v) is 14.1. The Hall–Kier alpha value is -4.26. The first-order valence-electron chi connectivity index (χ1n) is 14.1. The summed E-state index contributed by atoms with van der Waals surface area (Å²) in [5.74, 6) is -0.247. The molecule has 0 saturated heterocycles. The maximum absolute atomic E-state index is 14.3. The SMILES string of the molecule is COC(=O)C(C)(C)Cc1c(C(=O)C(C)(C)C)c2cc(OCc3cccc(C)n3)ccn2c1C(=O)c1ccc(C)c(C)c1. The number of hydrogen-bond acceptors (Lipinski definition) is 6. The van der Waals surface area contributed by atoms with Gasteiger partial charge in [0.15, 0.2) is 5.78 Å². The Morgan fingerprint density at radius 2 is 1.62 bits per heavy atom. The Kier molecular flexibility index (Phi) is 8.44. The molecule has 0 spiro atoms. The number of rotatable bonds is 9. The lowest BCUT2D eigenvalue weighted by molar-refractivity contribution is -0.150. The van der Waals surface area contributed by atoms with E-state index in [1.807, 2.05) is 71.9 Å². The minimum absolute atomic E-state index is 0.132. The zero-order chi connectivity index (χ0) is 31.0. The Morgan fingerprint density at radius 1 is 0.905 bits per heavy atom. The van der Waals surface area contributed by atoms with Crippen molar-refractivity contribution in [2.75, 3.05) is 7.11 Å². The molecule has 0 fully saturated rings. The third-order valence-electron chi connectivity index (χ3n) is 7.59. The second kappa shape index (κ2) is 11.6. The molecule has 42 heavy (non-hydrogen) atoms. The second-order valence-electron chi connectivity index (χ2n) is 12.6. The molecule has 3 heterocycles. The standard InChI is InChI=1S/C35H40N2O5/c1-21-13-14-24(17-22(21)2)31(38)30-27(19-35(7,8)33(40)41-9)29(32(39)34(4,5)6)28-18-26(15-16-37(28)30)42-20-25-12-10-11-23(3)36-25/h10-18H,19-20H2,1-9H3. The fraction of sp³-hybridized carbons (Fsp3) is 0.371. The molecule has 4 aromatic rings. The highest BCUT2D eigenvalue weighted by Gasteiger charge is 2.38. The Bertz CT molecular complexity index is 1690. The first-order chi connectivity index (χ1) is 19.6. The van der Waals surface area contributed by atoms with E-state index in [9.17, 15) is 14.4 Å². The third kappa shape index (κ3) is 6.15. The number of fused-ring (bicyclic) bond motifs is 1. The van der Waals surface area contributed by atoms with Gasteiger partial charge < -0.3 is 13.9 Å². The number of hydrogen-bond donors (Lipinski definition) is 0. The maximum atomic E-state index is 14.3. The predicted octanol–water partition coefficient (Wildman–Crippen LogP) is 7.04. The summed E-state index contributed by atoms with van der Waals surface area (Å²) >= 11 is 0. The summed E-state index contributed by atoms with van der Waals surface area (Å²) in [6, 6.07) is 14.9. The monoisotopic (exact) mass is 568 g/mol. The van der Waals surface area contributed by atoms with Crippen LogP contribution in [0.15, 0.2) is 54.7 Å². The fourth-order valence-corrected chi connectivity index (χ4v) is 5.07. The van der Waals surface area contributed by atoms with Crippen LogP contribution in [0, 0.1) is 31.6 Å². The van der Waals surface area contributed by atoms with Crippen LogP contribution in [0.5, 0.6) is 5.75 Å². The van der Waals surface area contributed by atoms with Crippen LogP contribution in [0.2, 0.25) is 0 Å². The largest absolute Gasteiger partial charge is 0.487 e. The average molecular weight is 569 g/mol. The third-order valence-corrected chi connectivity index (χ3v) is 7.59. The van der Waals surface area contributed by atoms with E-state index in [0.717, 1.165) is 22.5 Å². The summed E-state index contributed by atoms with van der Waals surface area (Å²) in [7, 11) is 1.34. The molecular formula is C35H40N2O5. The number of carbonyl (C=O) groups is 3. The summed E-state index contributed by atoms with van der Waals surface area (Å²) < 4.78 is 13.0. The van der Waals surface area contributed by atoms with Crippen molar-refractivity contribution in [3.05, 3.63) is 99.6 Å². The zero-order valence-electron chi connectivity index (χ0n) is 26.0. The van der Waals surface area contributed by atoms with E-state index in [1.165, 1.54) is 7.11 Å². The average Bonchev–Trinajstić information content (AvgIpc) is 3.23. The summed E-state index contributed by atoms with van der Waals surface area (Å²) in [4.78, 5) is 45.8. The number of carbonyl (C=O) groups excluding carboxylic acids is 3. The lowest BCUT2D eigenvalue weighted by Crippen LogP contribution is -2.30. The van der Waals surface area contributed by atoms with Gasteiger partial charge in [0.2, 0.25) is 5.78 Å². The lowest BCUT2D eigenvalue weighted by atomic mass is 9.79. The Balaban J connectivity index is 1.97. The van der Waals surface area contributed by atoms with Crippen molar-refractivity contribution in [1.29, 1.82) is 0 Å². The van der Waals surface area contributed by atoms with Crippen LogP contribution in [0.25, 0.3) is 5.52 Å². The van der Waals surface area contributed by atoms with E-state index in [2.05, 4.69) is 4.98 Å². The minimum atomic E-state index is -0.999. The van der Waals surface area contributed by atoms with E-state index in [1.54, 1.807) is 42.6 Å². The van der Waals surface area contributed by atoms with E-state index >= 15 is 0 Å². The fourth-order valence-electron chi connectivity index (χ4n) is 5.07. The van der Waals surface area contributed by atoms with Crippen LogP contribution in [0.1, 0.15) is 89.1 Å². The number of esters is 1. The lowest BCUT2D eigenvalue weighted by Gasteiger charge is -2.24. The molecule has 0 radical (unpaired) electrons. The molecule has 220 valence electrons. The van der Waals surface area contributed by atoms with Gasteiger partial charge in [-0.1, -0.05) is 39.0 Å². The molecular weight excluding hydrogens is 528 g/mol. The van der Waals surface area contributed by atoms with Gasteiger partial charge in [-0.15, -0.1) is 0 Å². The van der Waals surface area contributed by atoms with Crippen molar-refractivity contribution in [3.8, 4) is 5.75 Å². The van der Waals surface area contributed by atoms with Crippen molar-refractivity contribution >= 4 is 23.1 Å². The molecule has 0 aliphatic carbocycles. The van der Waals surface area contributed by atoms with Crippen LogP contribution in [-0.2, 0) is 22.6 Å². The van der Waals surface area contributed by atoms with Crippen molar-refractivity contribution in [3.63, 3.8) is 0 Å². The number of Topliss-reactive ketones (excluding diaryl/α,β-unsaturated/α-hetero) is 1. The molecule has 0 unspecified atom stereocenters. The second-order valence-corrected chi connectivity index (χ2v) is 12.6. The van der Waals surface area contributed by atoms with Gasteiger partial charge in [-0.3, -0.25) is 19.4 Å². The molecule has 7 heteroatoms. The number of pyridine rings is 2. The van der Waals surface area contributed by atoms with E-state index in [4.69, 9.17) is 9.47 Å². The van der Waals surface area contributed by atoms with Gasteiger partial charge in [0, 0.05) is 34.5 Å². The molecule has 1 aromatic carbocycles. The van der Waals surface area contributed by atoms with Crippen LogP contribution < -0.4 is 4.74 Å². The molecule has 0 amide bonds. The summed E-state index contributed by atoms with van der Waals surface area (Å²) in [6.07, 6.45) is 1.89. The van der Waals surface area contributed by atoms with Gasteiger partial charge in [-0.05, 0) is 82.0 Å². The number of ketones is 2. The predicted molar refractivity (Wildman–Crippen MR) is 163 cm³/mol. The van der Waals surface area contributed by atoms with Gasteiger partial charge in [0.25, 0.3) is 0 Å². The highest BCUT2D eigenvalue weighted by atomic mass is 16.5. The van der Waals surface area contributed by atoms with Crippen LogP contribution in [-0.4, -0.2) is 34.0 Å². The summed E-state index contributed by atoms with van der Waals surface area (Å²) in [6.45, 7) is 15.2. The van der Waals surface area contributed by atoms with Crippen molar-refractivity contribution in [1.82, 2.24) is 9.38 Å². The van der Waals surface area contributed by atoms with E-state index in [-0.39, 0.29) is 24.6 Å². The number of nitrogens with zero attached hydrogens (tertiary/aromatic N) is 2. The normalized spacial score (nSPS) is 11.9. The van der Waals surface area contributed by atoms with Crippen molar-refractivity contribution < 1.29 is 23.9 Å². The molecule has 0 aliphatic rings. The van der Waals surface area contributed by atoms with E-state index in [0.29, 0.717) is 33.7 Å². The summed E-state index contributed by atoms with van der Waals surface area (Å²) in [5.41, 5.74) is 4.32. The molecule has 0 atom stereocenters. The van der Waals surface area contributed by atoms with Gasteiger partial charge in [0.05, 0.1) is 29.4 Å². The maximum Gasteiger partial charge on any atom is 0.311 e. The first kappa shape index (κ1) is 30.7. The molecule has 7 nitrogen and oxygen atoms in total. The Morgan fingerprint density at radius 3 is 2.24 bits per heavy atom. The molecule has 4 rings (SSSR count). The van der Waals surface area contributed by atoms with Gasteiger partial charge in [-0.2, -0.15) is 0 Å². The molecule has 0 N–H and O–H groups in total. The molecule has 0 bridgehead atoms. The van der Waals surface area contributed by atoms with Gasteiger partial charge >= 0.3 is 5.97 Å². The zero-order valence-corrected chi connectivity index (χ0v) is 26.0. The number of aryl methyl sites for hydroxylation is 3. The van der Waals surface area contributed by atoms with Gasteiger partial charge in [-0.25, -0.2) is 0 Å². The quantitative estimate of drug-likeness (QED) is 0.159. The van der Waals surface area contributed by atoms with Crippen molar-refractivity contribution in [2.45, 2.75) is 68.4 Å². The van der Waals surface area contributed by atoms with Crippen LogP contribution >= 0.6 is 0 Å². The number of methoxy groups -OCH3 is 1. The molecule has 3 aromatic heterocycles. The molecule has 0 aliphatic heterocycles. The number of benzene rings is 1. The van der Waals surface area contributed by atoms with E-state index < -0.39 is 16.8 Å². The Labute approximate surface area is 247 Å². The number of ether oxygens (including phenoxy) is 2. The smallest absolute Gasteiger partial charge is 0.311 e. The minimum Gasteiger partial charge on any atom is -0.487 e. The molecule has 0 saturated carbocycles. The highest BCUT2D eigenvalue weighted by molar-refractivity contribution is 6.15. The van der Waals surface area contributed by atoms with Crippen molar-refractivity contribution in [2.24, 2.45) is 10.8 Å². The van der Waals surface area contributed by atoms with Crippen LogP contribution in [0.3, 0.4) is 0 Å². The topological polar surface area (TPSA) is 87.0 Å². The highest BCUT2D eigenvalue weighted by Crippen LogP contribution is 2.37. The van der Waals surface area contributed by atoms with Gasteiger partial charge in [0.1, 0.15) is 12.4 Å². The summed E-state index contributed by atoms with van der Waals surface area (Å²) in [5, 5.41) is 0. The van der Waals surface area contributed by atoms with Crippen LogP contribution in [0.4, 0.5) is 0 Å². The number of aromatic nitrogens is 2.